The Morgan fingerprint density at radius 3 is 1.40 bits per heavy atom. The zero-order valence-corrected chi connectivity index (χ0v) is 52.6. The standard InChI is InChI=1S/C80H84BN3/c1-74(2,3)54-34-38-66(58(44-54)51-26-18-16-19-27-51)82-69-48-57(84-68-33-25-24-32-61(68)79(14)41-40-53-30-22-23-31-60(53)80(79,84)15)36-37-64(69)81-65-49-62-63(78(12,13)43-42-77(62,10)11)50-70(65)83(72-47-56(76(7,8)9)46-71(82)73(72)81)67-39-35-55(75(4,5)6)45-59(67)52-28-20-17-21-29-52/h16-39,44-50H,40-43H2,1-15H3. The van der Waals surface area contributed by atoms with Gasteiger partial charge in [-0.1, -0.05) is 224 Å². The van der Waals surface area contributed by atoms with Gasteiger partial charge in [-0.25, -0.2) is 0 Å². The van der Waals surface area contributed by atoms with E-state index in [0.29, 0.717) is 0 Å². The van der Waals surface area contributed by atoms with Crippen LogP contribution in [-0.4, -0.2) is 6.71 Å². The van der Waals surface area contributed by atoms with Gasteiger partial charge in [0.25, 0.3) is 6.71 Å². The summed E-state index contributed by atoms with van der Waals surface area (Å²) in [6.45, 7) is 36.3. The Balaban J connectivity index is 1.14. The second-order valence-corrected chi connectivity index (χ2v) is 30.4. The largest absolute Gasteiger partial charge is 0.330 e. The highest BCUT2D eigenvalue weighted by Crippen LogP contribution is 2.64. The third kappa shape index (κ3) is 8.04. The van der Waals surface area contributed by atoms with Crippen molar-refractivity contribution in [3.8, 4) is 22.3 Å². The lowest BCUT2D eigenvalue weighted by molar-refractivity contribution is 0.245. The Labute approximate surface area is 502 Å². The van der Waals surface area contributed by atoms with E-state index in [1.165, 1.54) is 129 Å². The predicted molar refractivity (Wildman–Crippen MR) is 361 cm³/mol. The van der Waals surface area contributed by atoms with Gasteiger partial charge in [0.15, 0.2) is 0 Å². The Morgan fingerprint density at radius 1 is 0.369 bits per heavy atom. The first-order valence-corrected chi connectivity index (χ1v) is 31.3. The molecule has 0 saturated heterocycles. The van der Waals surface area contributed by atoms with E-state index in [1.807, 2.05) is 0 Å². The van der Waals surface area contributed by atoms with Gasteiger partial charge in [0, 0.05) is 50.7 Å². The summed E-state index contributed by atoms with van der Waals surface area (Å²) in [5.74, 6) is 0. The summed E-state index contributed by atoms with van der Waals surface area (Å²) in [5, 5.41) is 0. The van der Waals surface area contributed by atoms with Crippen LogP contribution in [0.5, 0.6) is 0 Å². The lowest BCUT2D eigenvalue weighted by atomic mass is 9.33. The highest BCUT2D eigenvalue weighted by Gasteiger charge is 2.60. The van der Waals surface area contributed by atoms with E-state index >= 15 is 0 Å². The first-order valence-electron chi connectivity index (χ1n) is 31.3. The van der Waals surface area contributed by atoms with Crippen molar-refractivity contribution in [1.82, 2.24) is 0 Å². The van der Waals surface area contributed by atoms with Crippen LogP contribution in [0.15, 0.2) is 188 Å². The van der Waals surface area contributed by atoms with Gasteiger partial charge in [0.2, 0.25) is 0 Å². The number of fused-ring (bicyclic) bond motifs is 10. The van der Waals surface area contributed by atoms with Gasteiger partial charge < -0.3 is 14.7 Å². The number of para-hydroxylation sites is 1. The molecule has 0 amide bonds. The van der Waals surface area contributed by atoms with E-state index in [1.54, 1.807) is 0 Å². The van der Waals surface area contributed by atoms with Gasteiger partial charge in [0.1, 0.15) is 0 Å². The molecule has 3 nitrogen and oxygen atoms in total. The smallest absolute Gasteiger partial charge is 0.252 e. The summed E-state index contributed by atoms with van der Waals surface area (Å²) < 4.78 is 0. The highest BCUT2D eigenvalue weighted by molar-refractivity contribution is 7.00. The minimum absolute atomic E-state index is 0.0121. The van der Waals surface area contributed by atoms with Crippen LogP contribution in [0.1, 0.15) is 168 Å². The highest BCUT2D eigenvalue weighted by atomic mass is 15.3. The maximum atomic E-state index is 2.76. The maximum Gasteiger partial charge on any atom is 0.252 e. The fraction of sp³-hybridized carbons (Fsp3) is 0.325. The zero-order valence-electron chi connectivity index (χ0n) is 52.6. The molecule has 4 heteroatoms. The molecule has 0 bridgehead atoms. The maximum absolute atomic E-state index is 2.76. The van der Waals surface area contributed by atoms with E-state index in [9.17, 15) is 0 Å². The van der Waals surface area contributed by atoms with E-state index < -0.39 is 0 Å². The van der Waals surface area contributed by atoms with E-state index in [0.717, 1.165) is 25.7 Å². The summed E-state index contributed by atoms with van der Waals surface area (Å²) in [6.07, 6.45) is 4.42. The SMILES string of the molecule is CC(C)(C)c1ccc(N2c3cc(N4c5ccccc5C5(C)CCc6ccccc6C45C)ccc3B3c4cc5c(cc4N(c4ccc(C(C)(C)C)cc4-c4ccccc4)c4cc(C(C)(C)C)cc2c43)C(C)(C)CCC5(C)C)c(-c2ccccc2)c1. The number of hydrogen-bond donors (Lipinski definition) is 0. The predicted octanol–water partition coefficient (Wildman–Crippen LogP) is 19.6. The molecule has 3 heterocycles. The minimum atomic E-state index is -0.359. The van der Waals surface area contributed by atoms with Crippen molar-refractivity contribution in [2.24, 2.45) is 0 Å². The van der Waals surface area contributed by atoms with Gasteiger partial charge in [-0.2, -0.15) is 0 Å². The van der Waals surface area contributed by atoms with Crippen molar-refractivity contribution in [3.05, 3.63) is 233 Å². The molecule has 0 fully saturated rings. The van der Waals surface area contributed by atoms with E-state index in [4.69, 9.17) is 0 Å². The van der Waals surface area contributed by atoms with Gasteiger partial charge in [-0.05, 0) is 192 Å². The number of benzene rings is 9. The van der Waals surface area contributed by atoms with Crippen LogP contribution in [0.3, 0.4) is 0 Å². The summed E-state index contributed by atoms with van der Waals surface area (Å²) in [6, 6.07) is 74.1. The quantitative estimate of drug-likeness (QED) is 0.159. The van der Waals surface area contributed by atoms with Crippen LogP contribution in [-0.2, 0) is 44.4 Å². The summed E-state index contributed by atoms with van der Waals surface area (Å²) in [5.41, 5.74) is 29.3. The normalized spacial score (nSPS) is 19.8. The molecule has 2 atom stereocenters. The molecule has 0 saturated carbocycles. The van der Waals surface area contributed by atoms with Gasteiger partial charge in [-0.3, -0.25) is 0 Å². The fourth-order valence-electron chi connectivity index (χ4n) is 15.9. The first kappa shape index (κ1) is 54.4. The first-order chi connectivity index (χ1) is 39.8. The van der Waals surface area contributed by atoms with Gasteiger partial charge in [-0.15, -0.1) is 0 Å². The lowest BCUT2D eigenvalue weighted by Gasteiger charge is -2.51. The van der Waals surface area contributed by atoms with Gasteiger partial charge in [0.05, 0.1) is 16.9 Å². The Hall–Kier alpha value is -7.56. The summed E-state index contributed by atoms with van der Waals surface area (Å²) in [4.78, 5) is 8.22. The second-order valence-electron chi connectivity index (χ2n) is 30.4. The Bertz CT molecular complexity index is 4150. The average Bonchev–Trinajstić information content (AvgIpc) is 1.29. The fourth-order valence-corrected chi connectivity index (χ4v) is 15.9. The molecule has 422 valence electrons. The number of hydrogen-bond acceptors (Lipinski definition) is 3. The molecule has 0 aromatic heterocycles. The monoisotopic (exact) mass is 1100 g/mol. The molecule has 5 aliphatic rings. The Morgan fingerprint density at radius 2 is 0.857 bits per heavy atom. The van der Waals surface area contributed by atoms with Crippen molar-refractivity contribution < 1.29 is 0 Å². The topological polar surface area (TPSA) is 9.72 Å². The van der Waals surface area contributed by atoms with Crippen LogP contribution in [0, 0.1) is 0 Å². The molecule has 0 spiro atoms. The molecular weight excluding hydrogens is 1010 g/mol. The van der Waals surface area contributed by atoms with Crippen molar-refractivity contribution in [2.75, 3.05) is 14.7 Å². The molecule has 0 N–H and O–H groups in total. The number of aryl methyl sites for hydroxylation is 1. The minimum Gasteiger partial charge on any atom is -0.330 e. The van der Waals surface area contributed by atoms with Crippen molar-refractivity contribution >= 4 is 68.6 Å². The molecule has 9 aromatic carbocycles. The van der Waals surface area contributed by atoms with Crippen LogP contribution in [0.25, 0.3) is 22.3 Å². The van der Waals surface area contributed by atoms with Crippen LogP contribution < -0.4 is 31.1 Å². The molecule has 2 unspecified atom stereocenters. The molecule has 3 aliphatic heterocycles. The van der Waals surface area contributed by atoms with Crippen molar-refractivity contribution in [2.45, 2.75) is 168 Å². The van der Waals surface area contributed by atoms with Gasteiger partial charge >= 0.3 is 0 Å². The summed E-state index contributed by atoms with van der Waals surface area (Å²) in [7, 11) is 0. The number of anilines is 8. The molecular formula is C80H84BN3. The molecule has 0 radical (unpaired) electrons. The summed E-state index contributed by atoms with van der Waals surface area (Å²) >= 11 is 0. The van der Waals surface area contributed by atoms with Crippen LogP contribution in [0.2, 0.25) is 0 Å². The van der Waals surface area contributed by atoms with Crippen LogP contribution in [0.4, 0.5) is 45.5 Å². The third-order valence-corrected chi connectivity index (χ3v) is 21.2. The van der Waals surface area contributed by atoms with E-state index in [2.05, 4.69) is 307 Å². The molecule has 84 heavy (non-hydrogen) atoms. The van der Waals surface area contributed by atoms with Crippen molar-refractivity contribution in [1.29, 1.82) is 0 Å². The molecule has 9 aromatic rings. The average molecular weight is 1100 g/mol. The molecule has 14 rings (SSSR count). The third-order valence-electron chi connectivity index (χ3n) is 21.2. The lowest BCUT2D eigenvalue weighted by Crippen LogP contribution is -2.62. The van der Waals surface area contributed by atoms with Crippen molar-refractivity contribution in [3.63, 3.8) is 0 Å². The number of rotatable bonds is 5. The second kappa shape index (κ2) is 18.5. The van der Waals surface area contributed by atoms with E-state index in [-0.39, 0.29) is 44.7 Å². The number of nitrogens with zero attached hydrogens (tertiary/aromatic N) is 3. The Kier molecular flexibility index (Phi) is 12.0. The van der Waals surface area contributed by atoms with Crippen LogP contribution >= 0.6 is 0 Å². The zero-order chi connectivity index (χ0) is 58.8. The molecule has 2 aliphatic carbocycles.